The van der Waals surface area contributed by atoms with E-state index in [1.807, 2.05) is 0 Å². The number of hydrogen-bond donors (Lipinski definition) is 2. The van der Waals surface area contributed by atoms with Crippen molar-refractivity contribution in [3.05, 3.63) is 24.3 Å². The topological polar surface area (TPSA) is 92.9 Å². The molecule has 1 saturated heterocycles. The molecule has 6 heteroatoms. The summed E-state index contributed by atoms with van der Waals surface area (Å²) in [5.74, 6) is -1.02. The van der Waals surface area contributed by atoms with Gasteiger partial charge < -0.3 is 15.6 Å². The zero-order valence-corrected chi connectivity index (χ0v) is 12.6. The molecule has 1 aromatic carbocycles. The first kappa shape index (κ1) is 15.3. The van der Waals surface area contributed by atoms with E-state index in [4.69, 9.17) is 10.5 Å². The lowest BCUT2D eigenvalue weighted by Crippen LogP contribution is -2.80. The number of benzene rings is 1. The van der Waals surface area contributed by atoms with E-state index in [1.54, 1.807) is 52.1 Å². The molecule has 3 N–H and O–H groups in total. The van der Waals surface area contributed by atoms with Gasteiger partial charge in [-0.1, -0.05) is 20.8 Å². The molecule has 1 aromatic rings. The molecule has 114 valence electrons. The normalized spacial score (nSPS) is 25.5. The van der Waals surface area contributed by atoms with Gasteiger partial charge in [0.2, 0.25) is 5.91 Å². The molecule has 1 amide bonds. The molecule has 2 atom stereocenters. The number of ether oxygens (including phenoxy) is 1. The monoisotopic (exact) mass is 292 g/mol. The average molecular weight is 292 g/mol. The van der Waals surface area contributed by atoms with Crippen molar-refractivity contribution in [3.8, 4) is 5.75 Å². The average Bonchev–Trinajstić information content (AvgIpc) is 2.38. The van der Waals surface area contributed by atoms with Crippen LogP contribution in [-0.4, -0.2) is 30.3 Å². The molecule has 0 aliphatic carbocycles. The van der Waals surface area contributed by atoms with Crippen LogP contribution in [0.3, 0.4) is 0 Å². The highest BCUT2D eigenvalue weighted by Crippen LogP contribution is 2.51. The molecule has 1 fully saturated rings. The standard InChI is InChI=1S/C15H20N2O4/c1-14(2,3)15(13(19)20)11(16)17(12(15)18)9-5-7-10(21-4)8-6-9/h5-8,11H,16H2,1-4H3,(H,19,20). The summed E-state index contributed by atoms with van der Waals surface area (Å²) >= 11 is 0. The van der Waals surface area contributed by atoms with Gasteiger partial charge in [0, 0.05) is 5.69 Å². The molecule has 0 bridgehead atoms. The zero-order chi connectivity index (χ0) is 16.0. The van der Waals surface area contributed by atoms with E-state index in [-0.39, 0.29) is 0 Å². The van der Waals surface area contributed by atoms with Gasteiger partial charge in [-0.3, -0.25) is 14.5 Å². The molecule has 21 heavy (non-hydrogen) atoms. The van der Waals surface area contributed by atoms with Crippen molar-refractivity contribution >= 4 is 17.6 Å². The quantitative estimate of drug-likeness (QED) is 0.649. The fourth-order valence-corrected chi connectivity index (χ4v) is 2.89. The van der Waals surface area contributed by atoms with Crippen LogP contribution in [0.5, 0.6) is 5.75 Å². The summed E-state index contributed by atoms with van der Waals surface area (Å²) in [5, 5.41) is 9.56. The van der Waals surface area contributed by atoms with Crippen molar-refractivity contribution in [1.82, 2.24) is 0 Å². The van der Waals surface area contributed by atoms with Crippen molar-refractivity contribution in [2.75, 3.05) is 12.0 Å². The van der Waals surface area contributed by atoms with E-state index in [0.717, 1.165) is 0 Å². The maximum Gasteiger partial charge on any atom is 0.323 e. The minimum absolute atomic E-state index is 0.486. The molecule has 1 aliphatic heterocycles. The van der Waals surface area contributed by atoms with E-state index in [0.29, 0.717) is 11.4 Å². The molecule has 0 aromatic heterocycles. The molecule has 0 radical (unpaired) electrons. The van der Waals surface area contributed by atoms with E-state index >= 15 is 0 Å². The summed E-state index contributed by atoms with van der Waals surface area (Å²) in [6.45, 7) is 5.14. The van der Waals surface area contributed by atoms with Gasteiger partial charge in [0.15, 0.2) is 5.41 Å². The smallest absolute Gasteiger partial charge is 0.323 e. The van der Waals surface area contributed by atoms with E-state index in [9.17, 15) is 14.7 Å². The highest BCUT2D eigenvalue weighted by atomic mass is 16.5. The molecule has 2 unspecified atom stereocenters. The van der Waals surface area contributed by atoms with Crippen LogP contribution in [-0.2, 0) is 9.59 Å². The minimum Gasteiger partial charge on any atom is -0.497 e. The molecule has 6 nitrogen and oxygen atoms in total. The molecule has 0 spiro atoms. The third-order valence-corrected chi connectivity index (χ3v) is 4.15. The Hall–Kier alpha value is -2.08. The Morgan fingerprint density at radius 3 is 2.19 bits per heavy atom. The third kappa shape index (κ3) is 1.90. The van der Waals surface area contributed by atoms with Gasteiger partial charge in [-0.05, 0) is 29.7 Å². The van der Waals surface area contributed by atoms with Crippen LogP contribution < -0.4 is 15.4 Å². The summed E-state index contributed by atoms with van der Waals surface area (Å²) < 4.78 is 5.06. The van der Waals surface area contributed by atoms with Crippen molar-refractivity contribution in [2.45, 2.75) is 26.9 Å². The number of nitrogens with zero attached hydrogens (tertiary/aromatic N) is 1. The van der Waals surface area contributed by atoms with Crippen molar-refractivity contribution in [3.63, 3.8) is 0 Å². The van der Waals surface area contributed by atoms with Gasteiger partial charge in [-0.2, -0.15) is 0 Å². The zero-order valence-electron chi connectivity index (χ0n) is 12.6. The summed E-state index contributed by atoms with van der Waals surface area (Å²) in [4.78, 5) is 25.6. The Bertz CT molecular complexity index is 576. The fourth-order valence-electron chi connectivity index (χ4n) is 2.89. The number of nitrogens with two attached hydrogens (primary N) is 1. The van der Waals surface area contributed by atoms with E-state index in [2.05, 4.69) is 0 Å². The SMILES string of the molecule is COc1ccc(N2C(=O)C(C(=O)O)(C(C)(C)C)C2N)cc1. The summed E-state index contributed by atoms with van der Waals surface area (Å²) in [5.41, 5.74) is 4.26. The number of carboxylic acid groups (broad SMARTS) is 1. The second-order valence-electron chi connectivity index (χ2n) is 6.18. The highest BCUT2D eigenvalue weighted by molar-refractivity contribution is 6.18. The molecular formula is C15H20N2O4. The van der Waals surface area contributed by atoms with Gasteiger partial charge in [-0.15, -0.1) is 0 Å². The lowest BCUT2D eigenvalue weighted by Gasteiger charge is -2.57. The maximum absolute atomic E-state index is 12.6. The van der Waals surface area contributed by atoms with Crippen molar-refractivity contribution < 1.29 is 19.4 Å². The van der Waals surface area contributed by atoms with Gasteiger partial charge in [0.1, 0.15) is 11.9 Å². The number of carbonyl (C=O) groups excluding carboxylic acids is 1. The lowest BCUT2D eigenvalue weighted by atomic mass is 9.58. The molecule has 1 heterocycles. The Morgan fingerprint density at radius 2 is 1.86 bits per heavy atom. The van der Waals surface area contributed by atoms with Gasteiger partial charge in [0.25, 0.3) is 0 Å². The third-order valence-electron chi connectivity index (χ3n) is 4.15. The first-order chi connectivity index (χ1) is 9.67. The van der Waals surface area contributed by atoms with Crippen molar-refractivity contribution in [2.24, 2.45) is 16.6 Å². The number of aliphatic carboxylic acids is 1. The van der Waals surface area contributed by atoms with E-state index < -0.39 is 28.9 Å². The van der Waals surface area contributed by atoms with Crippen LogP contribution in [0.25, 0.3) is 0 Å². The Morgan fingerprint density at radius 1 is 1.33 bits per heavy atom. The number of anilines is 1. The Labute approximate surface area is 123 Å². The fraction of sp³-hybridized carbons (Fsp3) is 0.467. The number of hydrogen-bond acceptors (Lipinski definition) is 4. The van der Waals surface area contributed by atoms with Crippen LogP contribution in [0.15, 0.2) is 24.3 Å². The lowest BCUT2D eigenvalue weighted by molar-refractivity contribution is -0.174. The predicted molar refractivity (Wildman–Crippen MR) is 78.0 cm³/mol. The van der Waals surface area contributed by atoms with Gasteiger partial charge >= 0.3 is 5.97 Å². The summed E-state index contributed by atoms with van der Waals surface area (Å²) in [6, 6.07) is 6.77. The summed E-state index contributed by atoms with van der Waals surface area (Å²) in [7, 11) is 1.55. The first-order valence-corrected chi connectivity index (χ1v) is 6.64. The van der Waals surface area contributed by atoms with Crippen LogP contribution in [0.1, 0.15) is 20.8 Å². The van der Waals surface area contributed by atoms with E-state index in [1.165, 1.54) is 4.90 Å². The van der Waals surface area contributed by atoms with Gasteiger partial charge in [-0.25, -0.2) is 0 Å². The summed E-state index contributed by atoms with van der Waals surface area (Å²) in [6.07, 6.45) is -0.907. The minimum atomic E-state index is -1.60. The number of carboxylic acids is 1. The first-order valence-electron chi connectivity index (χ1n) is 6.64. The van der Waals surface area contributed by atoms with Crippen LogP contribution in [0.2, 0.25) is 0 Å². The van der Waals surface area contributed by atoms with Crippen molar-refractivity contribution in [1.29, 1.82) is 0 Å². The predicted octanol–water partition coefficient (Wildman–Crippen LogP) is 1.44. The highest BCUT2D eigenvalue weighted by Gasteiger charge is 2.70. The maximum atomic E-state index is 12.6. The number of methoxy groups -OCH3 is 1. The molecular weight excluding hydrogens is 272 g/mol. The molecule has 0 saturated carbocycles. The number of carbonyl (C=O) groups is 2. The second-order valence-corrected chi connectivity index (χ2v) is 6.18. The van der Waals surface area contributed by atoms with Crippen LogP contribution >= 0.6 is 0 Å². The number of amides is 1. The number of β-lactam (4-membered cyclic amide) rings is 1. The largest absolute Gasteiger partial charge is 0.497 e. The number of rotatable bonds is 3. The molecule has 1 aliphatic rings. The second kappa shape index (κ2) is 4.73. The Kier molecular flexibility index (Phi) is 3.45. The Balaban J connectivity index is 2.39. The molecule has 2 rings (SSSR count). The van der Waals surface area contributed by atoms with Gasteiger partial charge in [0.05, 0.1) is 7.11 Å². The van der Waals surface area contributed by atoms with Crippen LogP contribution in [0.4, 0.5) is 5.69 Å². The van der Waals surface area contributed by atoms with Crippen LogP contribution in [0, 0.1) is 10.8 Å².